The first-order valence-corrected chi connectivity index (χ1v) is 8.90. The number of aryl methyl sites for hydroxylation is 1. The summed E-state index contributed by atoms with van der Waals surface area (Å²) < 4.78 is 0. The summed E-state index contributed by atoms with van der Waals surface area (Å²) in [5.41, 5.74) is 1.71. The molecule has 2 rings (SSSR count). The topological polar surface area (TPSA) is 24.9 Å². The quantitative estimate of drug-likeness (QED) is 0.856. The molecule has 3 heteroatoms. The maximum absolute atomic E-state index is 4.85. The molecule has 0 aliphatic heterocycles. The molecule has 114 valence electrons. The van der Waals surface area contributed by atoms with Crippen LogP contribution in [-0.2, 0) is 6.54 Å². The highest BCUT2D eigenvalue weighted by Crippen LogP contribution is 2.44. The molecule has 0 amide bonds. The lowest BCUT2D eigenvalue weighted by Gasteiger charge is -2.36. The summed E-state index contributed by atoms with van der Waals surface area (Å²) in [6.45, 7) is 13.5. The van der Waals surface area contributed by atoms with E-state index in [1.807, 2.05) is 11.3 Å². The van der Waals surface area contributed by atoms with Crippen LogP contribution in [0.3, 0.4) is 0 Å². The van der Waals surface area contributed by atoms with Crippen LogP contribution < -0.4 is 5.32 Å². The predicted molar refractivity (Wildman–Crippen MR) is 88.4 cm³/mol. The first-order valence-electron chi connectivity index (χ1n) is 8.08. The Labute approximate surface area is 128 Å². The zero-order valence-corrected chi connectivity index (χ0v) is 14.6. The van der Waals surface area contributed by atoms with Crippen LogP contribution in [0.5, 0.6) is 0 Å². The molecule has 1 fully saturated rings. The van der Waals surface area contributed by atoms with Crippen molar-refractivity contribution in [3.05, 3.63) is 15.6 Å². The fourth-order valence-electron chi connectivity index (χ4n) is 3.23. The largest absolute Gasteiger partial charge is 0.312 e. The molecular weight excluding hydrogens is 264 g/mol. The number of nitrogens with zero attached hydrogens (tertiary/aromatic N) is 1. The van der Waals surface area contributed by atoms with Gasteiger partial charge in [0, 0.05) is 17.3 Å². The van der Waals surface area contributed by atoms with Crippen molar-refractivity contribution in [3.8, 4) is 0 Å². The smallest absolute Gasteiger partial charge is 0.0962 e. The fraction of sp³-hybridized carbons (Fsp3) is 0.824. The van der Waals surface area contributed by atoms with Gasteiger partial charge in [0.1, 0.15) is 0 Å². The molecule has 0 unspecified atom stereocenters. The molecule has 1 N–H and O–H groups in total. The third-order valence-corrected chi connectivity index (χ3v) is 6.07. The molecule has 1 aromatic heterocycles. The third-order valence-electron chi connectivity index (χ3n) is 4.75. The number of hydrogen-bond donors (Lipinski definition) is 1. The molecule has 1 saturated carbocycles. The van der Waals surface area contributed by atoms with Crippen molar-refractivity contribution in [1.82, 2.24) is 10.3 Å². The summed E-state index contributed by atoms with van der Waals surface area (Å²) in [6.07, 6.45) is 5.40. The molecule has 0 radical (unpaired) electrons. The molecule has 0 saturated heterocycles. The second-order valence-corrected chi connectivity index (χ2v) is 8.37. The van der Waals surface area contributed by atoms with Crippen LogP contribution in [0.15, 0.2) is 0 Å². The molecule has 1 aliphatic carbocycles. The van der Waals surface area contributed by atoms with Crippen molar-refractivity contribution in [3.63, 3.8) is 0 Å². The molecule has 0 aromatic carbocycles. The third kappa shape index (κ3) is 3.82. The van der Waals surface area contributed by atoms with E-state index in [0.717, 1.165) is 19.0 Å². The zero-order valence-electron chi connectivity index (χ0n) is 13.8. The van der Waals surface area contributed by atoms with Gasteiger partial charge in [-0.05, 0) is 50.5 Å². The summed E-state index contributed by atoms with van der Waals surface area (Å²) in [5, 5.41) is 4.81. The molecule has 2 nitrogen and oxygen atoms in total. The normalized spacial score (nSPS) is 24.1. The Balaban J connectivity index is 1.97. The lowest BCUT2D eigenvalue weighted by molar-refractivity contribution is 0.169. The molecule has 1 aromatic rings. The molecule has 1 aliphatic rings. The number of thiazole rings is 1. The Morgan fingerprint density at radius 2 is 1.85 bits per heavy atom. The maximum atomic E-state index is 4.85. The first-order chi connectivity index (χ1) is 9.41. The summed E-state index contributed by atoms with van der Waals surface area (Å²) >= 11 is 1.94. The predicted octanol–water partition coefficient (Wildman–Crippen LogP) is 4.88. The van der Waals surface area contributed by atoms with Crippen LogP contribution >= 0.6 is 11.3 Å². The van der Waals surface area contributed by atoms with E-state index in [1.165, 1.54) is 41.3 Å². The van der Waals surface area contributed by atoms with Crippen LogP contribution in [0.1, 0.15) is 74.9 Å². The summed E-state index contributed by atoms with van der Waals surface area (Å²) in [4.78, 5) is 6.28. The van der Waals surface area contributed by atoms with E-state index in [4.69, 9.17) is 4.98 Å². The van der Waals surface area contributed by atoms with E-state index in [2.05, 4.69) is 39.9 Å². The highest BCUT2D eigenvalue weighted by Gasteiger charge is 2.31. The van der Waals surface area contributed by atoms with Gasteiger partial charge < -0.3 is 5.32 Å². The molecule has 0 bridgehead atoms. The second-order valence-electron chi connectivity index (χ2n) is 7.26. The van der Waals surface area contributed by atoms with Gasteiger partial charge >= 0.3 is 0 Å². The number of nitrogens with one attached hydrogen (secondary N) is 1. The van der Waals surface area contributed by atoms with Crippen LogP contribution in [0.2, 0.25) is 0 Å². The minimum Gasteiger partial charge on any atom is -0.312 e. The van der Waals surface area contributed by atoms with Crippen molar-refractivity contribution < 1.29 is 0 Å². The van der Waals surface area contributed by atoms with Crippen molar-refractivity contribution >= 4 is 11.3 Å². The minimum absolute atomic E-state index is 0.472. The van der Waals surface area contributed by atoms with E-state index in [-0.39, 0.29) is 0 Å². The fourth-order valence-corrected chi connectivity index (χ4v) is 4.44. The van der Waals surface area contributed by atoms with Crippen molar-refractivity contribution in [2.75, 3.05) is 6.54 Å². The van der Waals surface area contributed by atoms with Gasteiger partial charge in [-0.1, -0.05) is 27.7 Å². The summed E-state index contributed by atoms with van der Waals surface area (Å²) in [7, 11) is 0. The van der Waals surface area contributed by atoms with Crippen molar-refractivity contribution in [1.29, 1.82) is 0 Å². The van der Waals surface area contributed by atoms with Gasteiger partial charge in [-0.2, -0.15) is 0 Å². The first kappa shape index (κ1) is 16.0. The van der Waals surface area contributed by atoms with E-state index in [1.54, 1.807) is 0 Å². The van der Waals surface area contributed by atoms with E-state index in [9.17, 15) is 0 Å². The Bertz CT molecular complexity index is 423. The lowest BCUT2D eigenvalue weighted by atomic mass is 9.70. The Morgan fingerprint density at radius 1 is 1.20 bits per heavy atom. The van der Waals surface area contributed by atoms with Gasteiger partial charge in [0.05, 0.1) is 10.7 Å². The molecule has 20 heavy (non-hydrogen) atoms. The van der Waals surface area contributed by atoms with Crippen LogP contribution in [0.25, 0.3) is 0 Å². The standard InChI is InChI=1S/C17H30N2S/c1-6-18-11-15-12(2)19-16(20-15)13-7-9-14(10-8-13)17(3,4)5/h13-14,18H,6-11H2,1-5H3. The number of hydrogen-bond acceptors (Lipinski definition) is 3. The Kier molecular flexibility index (Phi) is 5.25. The van der Waals surface area contributed by atoms with Crippen LogP contribution in [0.4, 0.5) is 0 Å². The maximum Gasteiger partial charge on any atom is 0.0962 e. The molecular formula is C17H30N2S. The molecule has 1 heterocycles. The van der Waals surface area contributed by atoms with E-state index < -0.39 is 0 Å². The average Bonchev–Trinajstić information content (AvgIpc) is 2.77. The molecule has 0 atom stereocenters. The van der Waals surface area contributed by atoms with Gasteiger partial charge in [0.25, 0.3) is 0 Å². The van der Waals surface area contributed by atoms with Gasteiger partial charge in [-0.3, -0.25) is 0 Å². The van der Waals surface area contributed by atoms with Gasteiger partial charge in [-0.25, -0.2) is 4.98 Å². The second kappa shape index (κ2) is 6.57. The minimum atomic E-state index is 0.472. The SMILES string of the molecule is CCNCc1sc(C2CCC(C(C)(C)C)CC2)nc1C. The molecule has 0 spiro atoms. The van der Waals surface area contributed by atoms with Crippen molar-refractivity contribution in [2.45, 2.75) is 72.8 Å². The van der Waals surface area contributed by atoms with E-state index >= 15 is 0 Å². The van der Waals surface area contributed by atoms with Crippen LogP contribution in [-0.4, -0.2) is 11.5 Å². The highest BCUT2D eigenvalue weighted by molar-refractivity contribution is 7.11. The summed E-state index contributed by atoms with van der Waals surface area (Å²) in [6, 6.07) is 0. The Hall–Kier alpha value is -0.410. The monoisotopic (exact) mass is 294 g/mol. The number of aromatic nitrogens is 1. The van der Waals surface area contributed by atoms with Gasteiger partial charge in [-0.15, -0.1) is 11.3 Å². The van der Waals surface area contributed by atoms with Gasteiger partial charge in [0.2, 0.25) is 0 Å². The van der Waals surface area contributed by atoms with Gasteiger partial charge in [0.15, 0.2) is 0 Å². The Morgan fingerprint density at radius 3 is 2.40 bits per heavy atom. The lowest BCUT2D eigenvalue weighted by Crippen LogP contribution is -2.25. The average molecular weight is 295 g/mol. The zero-order chi connectivity index (χ0) is 14.8. The van der Waals surface area contributed by atoms with Crippen molar-refractivity contribution in [2.24, 2.45) is 11.3 Å². The van der Waals surface area contributed by atoms with E-state index in [0.29, 0.717) is 11.3 Å². The summed E-state index contributed by atoms with van der Waals surface area (Å²) in [5.74, 6) is 1.61. The van der Waals surface area contributed by atoms with Crippen LogP contribution in [0, 0.1) is 18.3 Å². The highest BCUT2D eigenvalue weighted by atomic mass is 32.1. The number of rotatable bonds is 4.